The van der Waals surface area contributed by atoms with E-state index in [1.807, 2.05) is 6.26 Å². The molecular formula is C17H30N2O. The zero-order chi connectivity index (χ0) is 14.6. The van der Waals surface area contributed by atoms with Gasteiger partial charge in [-0.15, -0.1) is 0 Å². The summed E-state index contributed by atoms with van der Waals surface area (Å²) in [5, 5.41) is 3.69. The summed E-state index contributed by atoms with van der Waals surface area (Å²) in [7, 11) is 2.22. The summed E-state index contributed by atoms with van der Waals surface area (Å²) in [6.45, 7) is 10.3. The highest BCUT2D eigenvalue weighted by Gasteiger charge is 2.34. The number of nitrogens with one attached hydrogen (secondary N) is 1. The van der Waals surface area contributed by atoms with E-state index < -0.39 is 0 Å². The van der Waals surface area contributed by atoms with Crippen LogP contribution >= 0.6 is 0 Å². The molecule has 3 heteroatoms. The summed E-state index contributed by atoms with van der Waals surface area (Å²) < 4.78 is 5.16. The summed E-state index contributed by atoms with van der Waals surface area (Å²) in [5.41, 5.74) is 1.76. The van der Waals surface area contributed by atoms with Gasteiger partial charge in [0.2, 0.25) is 0 Å². The van der Waals surface area contributed by atoms with Crippen LogP contribution in [-0.4, -0.2) is 31.1 Å². The van der Waals surface area contributed by atoms with Crippen molar-refractivity contribution in [2.45, 2.75) is 52.6 Å². The zero-order valence-electron chi connectivity index (χ0n) is 13.5. The lowest BCUT2D eigenvalue weighted by molar-refractivity contribution is 0.107. The van der Waals surface area contributed by atoms with Gasteiger partial charge in [0.1, 0.15) is 0 Å². The molecule has 2 rings (SSSR count). The average molecular weight is 278 g/mol. The highest BCUT2D eigenvalue weighted by molar-refractivity contribution is 5.04. The quantitative estimate of drug-likeness (QED) is 0.863. The predicted molar refractivity (Wildman–Crippen MR) is 83.6 cm³/mol. The molecule has 1 heterocycles. The fraction of sp³-hybridized carbons (Fsp3) is 0.765. The first-order valence-electron chi connectivity index (χ1n) is 7.93. The van der Waals surface area contributed by atoms with Crippen molar-refractivity contribution in [2.24, 2.45) is 11.3 Å². The van der Waals surface area contributed by atoms with E-state index in [1.54, 1.807) is 6.26 Å². The predicted octanol–water partition coefficient (Wildman–Crippen LogP) is 3.52. The molecule has 1 fully saturated rings. The fourth-order valence-corrected chi connectivity index (χ4v) is 3.62. The van der Waals surface area contributed by atoms with Crippen molar-refractivity contribution in [2.75, 3.05) is 20.1 Å². The molecule has 0 aromatic carbocycles. The maximum atomic E-state index is 5.16. The Hall–Kier alpha value is -0.800. The van der Waals surface area contributed by atoms with Gasteiger partial charge < -0.3 is 14.6 Å². The molecule has 0 spiro atoms. The van der Waals surface area contributed by atoms with Crippen molar-refractivity contribution < 1.29 is 4.42 Å². The van der Waals surface area contributed by atoms with Gasteiger partial charge >= 0.3 is 0 Å². The van der Waals surface area contributed by atoms with Crippen LogP contribution in [0, 0.1) is 11.3 Å². The summed E-state index contributed by atoms with van der Waals surface area (Å²) in [6, 6.07) is 2.74. The third-order valence-corrected chi connectivity index (χ3v) is 4.56. The molecule has 1 saturated carbocycles. The van der Waals surface area contributed by atoms with Gasteiger partial charge in [-0.1, -0.05) is 20.8 Å². The standard InChI is InChI=1S/C17H30N2O/c1-5-18-16-6-8-17(2,3)10-15(16)12-19(4)11-14-7-9-20-13-14/h7,9,13,15-16,18H,5-6,8,10-12H2,1-4H3. The number of furan rings is 1. The van der Waals surface area contributed by atoms with Gasteiger partial charge in [-0.05, 0) is 50.3 Å². The average Bonchev–Trinajstić information content (AvgIpc) is 2.85. The minimum atomic E-state index is 0.493. The minimum absolute atomic E-state index is 0.493. The van der Waals surface area contributed by atoms with Crippen molar-refractivity contribution in [1.82, 2.24) is 10.2 Å². The van der Waals surface area contributed by atoms with Crippen molar-refractivity contribution >= 4 is 0 Å². The third-order valence-electron chi connectivity index (χ3n) is 4.56. The molecule has 0 aliphatic heterocycles. The number of rotatable bonds is 6. The third kappa shape index (κ3) is 4.35. The molecule has 3 nitrogen and oxygen atoms in total. The molecule has 0 bridgehead atoms. The van der Waals surface area contributed by atoms with E-state index in [4.69, 9.17) is 4.42 Å². The van der Waals surface area contributed by atoms with E-state index >= 15 is 0 Å². The van der Waals surface area contributed by atoms with Crippen LogP contribution in [-0.2, 0) is 6.54 Å². The number of nitrogens with zero attached hydrogens (tertiary/aromatic N) is 1. The zero-order valence-corrected chi connectivity index (χ0v) is 13.5. The van der Waals surface area contributed by atoms with Gasteiger partial charge in [-0.2, -0.15) is 0 Å². The number of hydrogen-bond donors (Lipinski definition) is 1. The molecule has 1 aliphatic carbocycles. The van der Waals surface area contributed by atoms with E-state index in [9.17, 15) is 0 Å². The Morgan fingerprint density at radius 2 is 2.25 bits per heavy atom. The molecule has 2 unspecified atom stereocenters. The second kappa shape index (κ2) is 6.77. The van der Waals surface area contributed by atoms with Gasteiger partial charge in [0.05, 0.1) is 12.5 Å². The van der Waals surface area contributed by atoms with Crippen molar-refractivity contribution in [3.63, 3.8) is 0 Å². The Bertz CT molecular complexity index is 386. The smallest absolute Gasteiger partial charge is 0.0947 e. The first-order valence-corrected chi connectivity index (χ1v) is 7.93. The Labute approximate surface area is 123 Å². The van der Waals surface area contributed by atoms with E-state index in [0.29, 0.717) is 11.5 Å². The Morgan fingerprint density at radius 1 is 1.45 bits per heavy atom. The minimum Gasteiger partial charge on any atom is -0.472 e. The monoisotopic (exact) mass is 278 g/mol. The molecule has 0 radical (unpaired) electrons. The molecule has 0 saturated heterocycles. The van der Waals surface area contributed by atoms with Crippen LogP contribution in [0.5, 0.6) is 0 Å². The topological polar surface area (TPSA) is 28.4 Å². The van der Waals surface area contributed by atoms with Crippen LogP contribution in [0.4, 0.5) is 0 Å². The molecule has 20 heavy (non-hydrogen) atoms. The van der Waals surface area contributed by atoms with E-state index in [-0.39, 0.29) is 0 Å². The Morgan fingerprint density at radius 3 is 2.90 bits per heavy atom. The van der Waals surface area contributed by atoms with Crippen LogP contribution in [0.2, 0.25) is 0 Å². The highest BCUT2D eigenvalue weighted by atomic mass is 16.3. The first-order chi connectivity index (χ1) is 9.50. The van der Waals surface area contributed by atoms with Crippen molar-refractivity contribution in [3.8, 4) is 0 Å². The van der Waals surface area contributed by atoms with E-state index in [1.165, 1.54) is 24.8 Å². The molecule has 1 aromatic rings. The molecule has 2 atom stereocenters. The van der Waals surface area contributed by atoms with Gasteiger partial charge in [0.15, 0.2) is 0 Å². The van der Waals surface area contributed by atoms with Crippen molar-refractivity contribution in [1.29, 1.82) is 0 Å². The molecule has 1 N–H and O–H groups in total. The molecule has 0 amide bonds. The SMILES string of the molecule is CCNC1CCC(C)(C)CC1CN(C)Cc1ccoc1. The second-order valence-corrected chi connectivity index (χ2v) is 7.16. The highest BCUT2D eigenvalue weighted by Crippen LogP contribution is 2.39. The molecule has 1 aromatic heterocycles. The summed E-state index contributed by atoms with van der Waals surface area (Å²) >= 11 is 0. The van der Waals surface area contributed by atoms with E-state index in [0.717, 1.165) is 25.6 Å². The van der Waals surface area contributed by atoms with Gasteiger partial charge in [-0.25, -0.2) is 0 Å². The lowest BCUT2D eigenvalue weighted by Gasteiger charge is -2.42. The van der Waals surface area contributed by atoms with Crippen molar-refractivity contribution in [3.05, 3.63) is 24.2 Å². The van der Waals surface area contributed by atoms with Crippen LogP contribution in [0.25, 0.3) is 0 Å². The van der Waals surface area contributed by atoms with Crippen LogP contribution < -0.4 is 5.32 Å². The van der Waals surface area contributed by atoms with E-state index in [2.05, 4.69) is 44.1 Å². The van der Waals surface area contributed by atoms with Crippen LogP contribution in [0.1, 0.15) is 45.6 Å². The lowest BCUT2D eigenvalue weighted by Crippen LogP contribution is -2.46. The largest absolute Gasteiger partial charge is 0.472 e. The molecule has 1 aliphatic rings. The number of hydrogen-bond acceptors (Lipinski definition) is 3. The first kappa shape index (κ1) is 15.6. The Kier molecular flexibility index (Phi) is 5.28. The normalized spacial score (nSPS) is 26.1. The fourth-order valence-electron chi connectivity index (χ4n) is 3.62. The van der Waals surface area contributed by atoms with Gasteiger partial charge in [-0.3, -0.25) is 0 Å². The maximum absolute atomic E-state index is 5.16. The van der Waals surface area contributed by atoms with Crippen LogP contribution in [0.15, 0.2) is 23.0 Å². The summed E-state index contributed by atoms with van der Waals surface area (Å²) in [4.78, 5) is 2.43. The van der Waals surface area contributed by atoms with Gasteiger partial charge in [0.25, 0.3) is 0 Å². The second-order valence-electron chi connectivity index (χ2n) is 7.16. The Balaban J connectivity index is 1.92. The maximum Gasteiger partial charge on any atom is 0.0947 e. The molecular weight excluding hydrogens is 248 g/mol. The molecule has 114 valence electrons. The van der Waals surface area contributed by atoms with Gasteiger partial charge in [0, 0.05) is 24.7 Å². The van der Waals surface area contributed by atoms with Crippen LogP contribution in [0.3, 0.4) is 0 Å². The lowest BCUT2D eigenvalue weighted by atomic mass is 9.69. The summed E-state index contributed by atoms with van der Waals surface area (Å²) in [5.74, 6) is 0.746. The summed E-state index contributed by atoms with van der Waals surface area (Å²) in [6.07, 6.45) is 7.58.